The molecule has 108 valence electrons. The second-order valence-corrected chi connectivity index (χ2v) is 5.53. The molecule has 22 heavy (non-hydrogen) atoms. The van der Waals surface area contributed by atoms with Crippen LogP contribution in [0.1, 0.15) is 22.3 Å². The van der Waals surface area contributed by atoms with Crippen molar-refractivity contribution in [3.63, 3.8) is 0 Å². The van der Waals surface area contributed by atoms with Gasteiger partial charge in [0.25, 0.3) is 0 Å². The molecule has 1 aliphatic heterocycles. The molecule has 3 nitrogen and oxygen atoms in total. The van der Waals surface area contributed by atoms with E-state index < -0.39 is 5.60 Å². The molecule has 0 fully saturated rings. The van der Waals surface area contributed by atoms with E-state index in [0.717, 1.165) is 16.7 Å². The van der Waals surface area contributed by atoms with Crippen molar-refractivity contribution in [2.45, 2.75) is 12.5 Å². The molecule has 0 radical (unpaired) electrons. The highest BCUT2D eigenvalue weighted by atomic mass is 16.5. The fourth-order valence-electron chi connectivity index (χ4n) is 3.00. The summed E-state index contributed by atoms with van der Waals surface area (Å²) in [5.41, 5.74) is 2.03. The first kappa shape index (κ1) is 13.0. The van der Waals surface area contributed by atoms with E-state index in [4.69, 9.17) is 4.74 Å². The highest BCUT2D eigenvalue weighted by molar-refractivity contribution is 5.59. The van der Waals surface area contributed by atoms with Crippen molar-refractivity contribution in [3.8, 4) is 11.6 Å². The Labute approximate surface area is 128 Å². The second kappa shape index (κ2) is 4.68. The van der Waals surface area contributed by atoms with Gasteiger partial charge in [0.1, 0.15) is 11.4 Å². The second-order valence-electron chi connectivity index (χ2n) is 5.53. The number of hydrogen-bond acceptors (Lipinski definition) is 3. The summed E-state index contributed by atoms with van der Waals surface area (Å²) in [4.78, 5) is 4.28. The summed E-state index contributed by atoms with van der Waals surface area (Å²) in [7, 11) is 0. The van der Waals surface area contributed by atoms with Crippen LogP contribution in [0.15, 0.2) is 66.9 Å². The summed E-state index contributed by atoms with van der Waals surface area (Å²) >= 11 is 0. The van der Waals surface area contributed by atoms with Crippen molar-refractivity contribution in [2.24, 2.45) is 0 Å². The maximum atomic E-state index is 11.7. The van der Waals surface area contributed by atoms with Gasteiger partial charge in [0.05, 0.1) is 5.56 Å². The molecule has 0 aliphatic carbocycles. The van der Waals surface area contributed by atoms with E-state index in [1.54, 1.807) is 6.20 Å². The predicted molar refractivity (Wildman–Crippen MR) is 84.0 cm³/mol. The Hall–Kier alpha value is -2.65. The summed E-state index contributed by atoms with van der Waals surface area (Å²) in [6.45, 7) is 2.00. The van der Waals surface area contributed by atoms with Gasteiger partial charge in [0, 0.05) is 11.8 Å². The normalized spacial score (nSPS) is 19.0. The molecule has 0 saturated carbocycles. The summed E-state index contributed by atoms with van der Waals surface area (Å²) in [5.74, 6) is 1.09. The fourth-order valence-corrected chi connectivity index (χ4v) is 3.00. The number of aliphatic hydroxyl groups is 1. The van der Waals surface area contributed by atoms with E-state index in [1.165, 1.54) is 0 Å². The number of aryl methyl sites for hydroxylation is 1. The molecule has 0 amide bonds. The minimum atomic E-state index is -1.26. The zero-order chi connectivity index (χ0) is 15.2. The van der Waals surface area contributed by atoms with Crippen LogP contribution in [0.25, 0.3) is 0 Å². The van der Waals surface area contributed by atoms with Gasteiger partial charge in [-0.25, -0.2) is 4.98 Å². The van der Waals surface area contributed by atoms with E-state index in [0.29, 0.717) is 17.2 Å². The quantitative estimate of drug-likeness (QED) is 0.741. The van der Waals surface area contributed by atoms with Gasteiger partial charge in [-0.2, -0.15) is 0 Å². The molecule has 1 N–H and O–H groups in total. The van der Waals surface area contributed by atoms with Crippen LogP contribution in [0, 0.1) is 6.92 Å². The van der Waals surface area contributed by atoms with Crippen molar-refractivity contribution in [1.82, 2.24) is 4.98 Å². The lowest BCUT2D eigenvalue weighted by Gasteiger charge is -2.35. The van der Waals surface area contributed by atoms with Crippen LogP contribution in [-0.2, 0) is 5.60 Å². The third-order valence-corrected chi connectivity index (χ3v) is 4.08. The smallest absolute Gasteiger partial charge is 0.226 e. The van der Waals surface area contributed by atoms with Crippen LogP contribution >= 0.6 is 0 Å². The monoisotopic (exact) mass is 289 g/mol. The average Bonchev–Trinajstić information content (AvgIpc) is 2.57. The number of fused-ring (bicyclic) bond motifs is 2. The van der Waals surface area contributed by atoms with E-state index >= 15 is 0 Å². The summed E-state index contributed by atoms with van der Waals surface area (Å²) < 4.78 is 5.88. The Morgan fingerprint density at radius 1 is 0.955 bits per heavy atom. The maximum absolute atomic E-state index is 11.7. The van der Waals surface area contributed by atoms with Gasteiger partial charge in [0.15, 0.2) is 0 Å². The Balaban J connectivity index is 2.07. The summed E-state index contributed by atoms with van der Waals surface area (Å²) in [5, 5.41) is 11.7. The number of nitrogens with zero attached hydrogens (tertiary/aromatic N) is 1. The van der Waals surface area contributed by atoms with Gasteiger partial charge in [-0.1, -0.05) is 42.0 Å². The van der Waals surface area contributed by atoms with Crippen molar-refractivity contribution in [1.29, 1.82) is 0 Å². The van der Waals surface area contributed by atoms with Gasteiger partial charge < -0.3 is 9.84 Å². The highest BCUT2D eigenvalue weighted by Gasteiger charge is 2.42. The Bertz CT molecular complexity index is 845. The number of ether oxygens (including phenoxy) is 1. The predicted octanol–water partition coefficient (Wildman–Crippen LogP) is 3.78. The summed E-state index contributed by atoms with van der Waals surface area (Å²) in [6.07, 6.45) is 1.67. The number of pyridine rings is 1. The largest absolute Gasteiger partial charge is 0.438 e. The zero-order valence-electron chi connectivity index (χ0n) is 12.2. The molecule has 0 bridgehead atoms. The Kier molecular flexibility index (Phi) is 2.78. The highest BCUT2D eigenvalue weighted by Crippen LogP contribution is 2.49. The molecule has 4 rings (SSSR count). The minimum absolute atomic E-state index is 0.449. The lowest BCUT2D eigenvalue weighted by molar-refractivity contribution is 0.111. The van der Waals surface area contributed by atoms with E-state index in [9.17, 15) is 5.11 Å². The average molecular weight is 289 g/mol. The molecule has 0 spiro atoms. The van der Waals surface area contributed by atoms with Crippen molar-refractivity contribution >= 4 is 0 Å². The van der Waals surface area contributed by atoms with E-state index in [-0.39, 0.29) is 0 Å². The standard InChI is InChI=1S/C19H15NO2/c1-13-9-10-17-16(12-13)19(21,14-6-3-2-4-7-14)15-8-5-11-20-18(15)22-17/h2-12,21H,1H3. The first-order chi connectivity index (χ1) is 10.7. The lowest BCUT2D eigenvalue weighted by Crippen LogP contribution is -2.32. The fraction of sp³-hybridized carbons (Fsp3) is 0.105. The van der Waals surface area contributed by atoms with Crippen molar-refractivity contribution in [3.05, 3.63) is 89.1 Å². The van der Waals surface area contributed by atoms with Gasteiger partial charge in [-0.3, -0.25) is 0 Å². The number of benzene rings is 2. The third-order valence-electron chi connectivity index (χ3n) is 4.08. The third kappa shape index (κ3) is 1.76. The van der Waals surface area contributed by atoms with Gasteiger partial charge in [0.2, 0.25) is 5.88 Å². The molecule has 1 aliphatic rings. The molecule has 1 atom stereocenters. The molecule has 2 aromatic carbocycles. The molecule has 2 heterocycles. The molecular weight excluding hydrogens is 274 g/mol. The van der Waals surface area contributed by atoms with E-state index in [1.807, 2.05) is 67.6 Å². The van der Waals surface area contributed by atoms with Crippen LogP contribution in [0.3, 0.4) is 0 Å². The van der Waals surface area contributed by atoms with Crippen LogP contribution in [0.4, 0.5) is 0 Å². The SMILES string of the molecule is Cc1ccc2c(c1)C(O)(c1ccccc1)c1cccnc1O2. The van der Waals surface area contributed by atoms with Crippen LogP contribution < -0.4 is 4.74 Å². The summed E-state index contributed by atoms with van der Waals surface area (Å²) in [6, 6.07) is 19.1. The van der Waals surface area contributed by atoms with Gasteiger partial charge >= 0.3 is 0 Å². The van der Waals surface area contributed by atoms with Crippen LogP contribution in [0.5, 0.6) is 11.6 Å². The lowest BCUT2D eigenvalue weighted by atomic mass is 9.78. The molecule has 3 aromatic rings. The number of aromatic nitrogens is 1. The van der Waals surface area contributed by atoms with Crippen LogP contribution in [-0.4, -0.2) is 10.1 Å². The molecule has 1 aromatic heterocycles. The van der Waals surface area contributed by atoms with Crippen molar-refractivity contribution in [2.75, 3.05) is 0 Å². The number of hydrogen-bond donors (Lipinski definition) is 1. The zero-order valence-corrected chi connectivity index (χ0v) is 12.2. The Morgan fingerprint density at radius 3 is 2.59 bits per heavy atom. The first-order valence-electron chi connectivity index (χ1n) is 7.22. The number of rotatable bonds is 1. The molecule has 1 unspecified atom stereocenters. The minimum Gasteiger partial charge on any atom is -0.438 e. The van der Waals surface area contributed by atoms with E-state index in [2.05, 4.69) is 4.98 Å². The Morgan fingerprint density at radius 2 is 1.77 bits per heavy atom. The van der Waals surface area contributed by atoms with Crippen LogP contribution in [0.2, 0.25) is 0 Å². The topological polar surface area (TPSA) is 42.4 Å². The van der Waals surface area contributed by atoms with Crippen molar-refractivity contribution < 1.29 is 9.84 Å². The van der Waals surface area contributed by atoms with Gasteiger partial charge in [-0.05, 0) is 36.8 Å². The first-order valence-corrected chi connectivity index (χ1v) is 7.22. The molecule has 0 saturated heterocycles. The molecular formula is C19H15NO2. The molecule has 3 heteroatoms. The van der Waals surface area contributed by atoms with Gasteiger partial charge in [-0.15, -0.1) is 0 Å². The maximum Gasteiger partial charge on any atom is 0.226 e.